The Morgan fingerprint density at radius 1 is 1.27 bits per heavy atom. The lowest BCUT2D eigenvalue weighted by Crippen LogP contribution is -2.40. The number of hydrogen-bond acceptors (Lipinski definition) is 3. The van der Waals surface area contributed by atoms with Crippen LogP contribution in [0.3, 0.4) is 0 Å². The minimum Gasteiger partial charge on any atom is -0.387 e. The van der Waals surface area contributed by atoms with Crippen LogP contribution < -0.4 is 10.6 Å². The van der Waals surface area contributed by atoms with Crippen molar-refractivity contribution in [1.82, 2.24) is 10.6 Å². The zero-order valence-electron chi connectivity index (χ0n) is 16.3. The molecular formula is C20H34IN3OS. The minimum atomic E-state index is -0.620. The van der Waals surface area contributed by atoms with E-state index in [2.05, 4.69) is 60.7 Å². The second-order valence-electron chi connectivity index (χ2n) is 7.15. The summed E-state index contributed by atoms with van der Waals surface area (Å²) in [5.74, 6) is 3.22. The summed E-state index contributed by atoms with van der Waals surface area (Å²) >= 11 is 1.81. The van der Waals surface area contributed by atoms with E-state index in [0.29, 0.717) is 12.5 Å². The SMILES string of the molecule is CCNC(=NCC1(O)CCSC1)NCCCc1ccc(C(C)C)cc1.I. The lowest BCUT2D eigenvalue weighted by Gasteiger charge is -2.19. The molecule has 1 aliphatic rings. The van der Waals surface area contributed by atoms with Gasteiger partial charge in [0, 0.05) is 18.8 Å². The van der Waals surface area contributed by atoms with Crippen LogP contribution in [0, 0.1) is 0 Å². The van der Waals surface area contributed by atoms with Crippen LogP contribution in [-0.4, -0.2) is 47.8 Å². The first kappa shape index (κ1) is 23.6. The third kappa shape index (κ3) is 8.05. The van der Waals surface area contributed by atoms with Crippen LogP contribution in [0.25, 0.3) is 0 Å². The van der Waals surface area contributed by atoms with Crippen LogP contribution in [-0.2, 0) is 6.42 Å². The molecule has 4 nitrogen and oxygen atoms in total. The molecule has 6 heteroatoms. The molecule has 1 saturated heterocycles. The fourth-order valence-corrected chi connectivity index (χ4v) is 4.14. The fourth-order valence-electron chi connectivity index (χ4n) is 2.86. The number of guanidine groups is 1. The van der Waals surface area contributed by atoms with Gasteiger partial charge in [0.2, 0.25) is 0 Å². The normalized spacial score (nSPS) is 20.1. The van der Waals surface area contributed by atoms with Gasteiger partial charge in [-0.1, -0.05) is 38.1 Å². The predicted octanol–water partition coefficient (Wildman–Crippen LogP) is 3.78. The van der Waals surface area contributed by atoms with Gasteiger partial charge in [-0.3, -0.25) is 4.99 Å². The summed E-state index contributed by atoms with van der Waals surface area (Å²) in [6, 6.07) is 8.95. The van der Waals surface area contributed by atoms with Crippen molar-refractivity contribution in [2.45, 2.75) is 51.6 Å². The van der Waals surface area contributed by atoms with Gasteiger partial charge >= 0.3 is 0 Å². The molecule has 1 heterocycles. The number of nitrogens with zero attached hydrogens (tertiary/aromatic N) is 1. The van der Waals surface area contributed by atoms with Crippen LogP contribution in [0.4, 0.5) is 0 Å². The maximum absolute atomic E-state index is 10.4. The highest BCUT2D eigenvalue weighted by Crippen LogP contribution is 2.27. The maximum Gasteiger partial charge on any atom is 0.191 e. The first-order valence-electron chi connectivity index (χ1n) is 9.43. The van der Waals surface area contributed by atoms with E-state index >= 15 is 0 Å². The number of aliphatic hydroxyl groups is 1. The Labute approximate surface area is 180 Å². The number of rotatable bonds is 8. The highest BCUT2D eigenvalue weighted by atomic mass is 127. The number of benzene rings is 1. The van der Waals surface area contributed by atoms with E-state index in [9.17, 15) is 5.11 Å². The van der Waals surface area contributed by atoms with Crippen molar-refractivity contribution >= 4 is 41.7 Å². The number of halogens is 1. The minimum absolute atomic E-state index is 0. The second-order valence-corrected chi connectivity index (χ2v) is 8.25. The number of thioether (sulfide) groups is 1. The van der Waals surface area contributed by atoms with Gasteiger partial charge < -0.3 is 15.7 Å². The van der Waals surface area contributed by atoms with E-state index in [-0.39, 0.29) is 24.0 Å². The first-order valence-corrected chi connectivity index (χ1v) is 10.6. The van der Waals surface area contributed by atoms with Gasteiger partial charge in [-0.2, -0.15) is 11.8 Å². The van der Waals surface area contributed by atoms with Crippen LogP contribution in [0.15, 0.2) is 29.3 Å². The van der Waals surface area contributed by atoms with Gasteiger partial charge in [0.1, 0.15) is 0 Å². The zero-order valence-corrected chi connectivity index (χ0v) is 19.4. The van der Waals surface area contributed by atoms with E-state index in [0.717, 1.165) is 49.8 Å². The summed E-state index contributed by atoms with van der Waals surface area (Å²) in [6.07, 6.45) is 2.96. The molecule has 148 valence electrons. The maximum atomic E-state index is 10.4. The average molecular weight is 491 g/mol. The van der Waals surface area contributed by atoms with Crippen LogP contribution in [0.5, 0.6) is 0 Å². The first-order chi connectivity index (χ1) is 12.0. The van der Waals surface area contributed by atoms with Crippen LogP contribution in [0.1, 0.15) is 50.7 Å². The summed E-state index contributed by atoms with van der Waals surface area (Å²) < 4.78 is 0. The Bertz CT molecular complexity index is 542. The molecule has 3 N–H and O–H groups in total. The quantitative estimate of drug-likeness (QED) is 0.224. The molecule has 1 fully saturated rings. The summed E-state index contributed by atoms with van der Waals surface area (Å²) in [5.41, 5.74) is 2.16. The van der Waals surface area contributed by atoms with Crippen molar-refractivity contribution < 1.29 is 5.11 Å². The summed E-state index contributed by atoms with van der Waals surface area (Å²) in [6.45, 7) is 8.70. The average Bonchev–Trinajstić information content (AvgIpc) is 3.04. The fraction of sp³-hybridized carbons (Fsp3) is 0.650. The Hall–Kier alpha value is -0.470. The monoisotopic (exact) mass is 491 g/mol. The number of aliphatic imine (C=N–C) groups is 1. The van der Waals surface area contributed by atoms with Gasteiger partial charge in [0.15, 0.2) is 5.96 Å². The van der Waals surface area contributed by atoms with E-state index in [1.54, 1.807) is 0 Å². The largest absolute Gasteiger partial charge is 0.387 e. The standard InChI is InChI=1S/C20H33N3OS.HI/c1-4-21-19(23-14-20(24)11-13-25-15-20)22-12-5-6-17-7-9-18(10-8-17)16(2)3;/h7-10,16,24H,4-6,11-15H2,1-3H3,(H2,21,22,23);1H. The molecule has 26 heavy (non-hydrogen) atoms. The smallest absolute Gasteiger partial charge is 0.191 e. The predicted molar refractivity (Wildman–Crippen MR) is 125 cm³/mol. The molecule has 0 aliphatic carbocycles. The number of aryl methyl sites for hydroxylation is 1. The topological polar surface area (TPSA) is 56.7 Å². The number of hydrogen-bond donors (Lipinski definition) is 3. The molecule has 1 aromatic rings. The third-order valence-electron chi connectivity index (χ3n) is 4.54. The van der Waals surface area contributed by atoms with Crippen molar-refractivity contribution in [3.8, 4) is 0 Å². The summed E-state index contributed by atoms with van der Waals surface area (Å²) in [7, 11) is 0. The number of nitrogens with one attached hydrogen (secondary N) is 2. The lowest BCUT2D eigenvalue weighted by molar-refractivity contribution is 0.0778. The summed E-state index contributed by atoms with van der Waals surface area (Å²) in [4.78, 5) is 4.57. The molecule has 1 unspecified atom stereocenters. The van der Waals surface area contributed by atoms with E-state index < -0.39 is 5.60 Å². The Kier molecular flexibility index (Phi) is 11.0. The highest BCUT2D eigenvalue weighted by Gasteiger charge is 2.31. The second kappa shape index (κ2) is 12.1. The molecule has 1 aromatic carbocycles. The van der Waals surface area contributed by atoms with Gasteiger partial charge in [-0.15, -0.1) is 24.0 Å². The third-order valence-corrected chi connectivity index (χ3v) is 5.77. The Morgan fingerprint density at radius 3 is 2.58 bits per heavy atom. The molecule has 1 atom stereocenters. The van der Waals surface area contributed by atoms with Crippen LogP contribution >= 0.6 is 35.7 Å². The summed E-state index contributed by atoms with van der Waals surface area (Å²) in [5, 5.41) is 17.1. The Balaban J connectivity index is 0.00000338. The molecule has 0 spiro atoms. The van der Waals surface area contributed by atoms with Gasteiger partial charge in [0.05, 0.1) is 12.1 Å². The molecule has 0 amide bonds. The molecule has 0 saturated carbocycles. The van der Waals surface area contributed by atoms with Crippen molar-refractivity contribution in [3.05, 3.63) is 35.4 Å². The molecule has 1 aliphatic heterocycles. The molecule has 0 bridgehead atoms. The van der Waals surface area contributed by atoms with Crippen molar-refractivity contribution in [3.63, 3.8) is 0 Å². The van der Waals surface area contributed by atoms with Crippen molar-refractivity contribution in [2.24, 2.45) is 4.99 Å². The van der Waals surface area contributed by atoms with Crippen molar-refractivity contribution in [1.29, 1.82) is 0 Å². The van der Waals surface area contributed by atoms with Gasteiger partial charge in [-0.25, -0.2) is 0 Å². The molecule has 2 rings (SSSR count). The lowest BCUT2D eigenvalue weighted by atomic mass is 10.0. The molecule has 0 radical (unpaired) electrons. The van der Waals surface area contributed by atoms with E-state index in [1.165, 1.54) is 11.1 Å². The van der Waals surface area contributed by atoms with E-state index in [1.807, 2.05) is 11.8 Å². The van der Waals surface area contributed by atoms with Gasteiger partial charge in [0.25, 0.3) is 0 Å². The van der Waals surface area contributed by atoms with E-state index in [4.69, 9.17) is 0 Å². The van der Waals surface area contributed by atoms with Crippen molar-refractivity contribution in [2.75, 3.05) is 31.1 Å². The molecular weight excluding hydrogens is 457 g/mol. The zero-order chi connectivity index (χ0) is 18.1. The molecule has 0 aromatic heterocycles. The van der Waals surface area contributed by atoms with Gasteiger partial charge in [-0.05, 0) is 49.0 Å². The Morgan fingerprint density at radius 2 is 2.00 bits per heavy atom. The highest BCUT2D eigenvalue weighted by molar-refractivity contribution is 14.0. The van der Waals surface area contributed by atoms with Crippen LogP contribution in [0.2, 0.25) is 0 Å².